The van der Waals surface area contributed by atoms with Crippen molar-refractivity contribution in [3.05, 3.63) is 30.0 Å². The summed E-state index contributed by atoms with van der Waals surface area (Å²) >= 11 is 1.68. The number of aryl methyl sites for hydroxylation is 1. The molecule has 7 nitrogen and oxygen atoms in total. The van der Waals surface area contributed by atoms with Gasteiger partial charge in [0.2, 0.25) is 5.95 Å². The maximum atomic E-state index is 9.85. The first kappa shape index (κ1) is 23.5. The number of hydrogen-bond donors (Lipinski definition) is 3. The Balaban J connectivity index is 1.50. The summed E-state index contributed by atoms with van der Waals surface area (Å²) in [5.74, 6) is 2.70. The molecule has 3 N–H and O–H groups in total. The summed E-state index contributed by atoms with van der Waals surface area (Å²) in [6.45, 7) is 9.27. The molecule has 0 amide bonds. The first-order chi connectivity index (χ1) is 16.5. The lowest BCUT2D eigenvalue weighted by molar-refractivity contribution is 0.0699. The lowest BCUT2D eigenvalue weighted by Gasteiger charge is -2.34. The van der Waals surface area contributed by atoms with Gasteiger partial charge in [-0.3, -0.25) is 0 Å². The van der Waals surface area contributed by atoms with Gasteiger partial charge in [-0.2, -0.15) is 4.98 Å². The van der Waals surface area contributed by atoms with E-state index in [9.17, 15) is 5.11 Å². The Morgan fingerprint density at radius 1 is 1.15 bits per heavy atom. The fraction of sp³-hybridized carbons (Fsp3) is 0.577. The van der Waals surface area contributed by atoms with Crippen molar-refractivity contribution in [3.63, 3.8) is 0 Å². The Morgan fingerprint density at radius 2 is 1.94 bits per heavy atom. The van der Waals surface area contributed by atoms with E-state index in [4.69, 9.17) is 19.7 Å². The summed E-state index contributed by atoms with van der Waals surface area (Å²) in [5.41, 5.74) is 2.73. The van der Waals surface area contributed by atoms with E-state index in [0.29, 0.717) is 23.7 Å². The lowest BCUT2D eigenvalue weighted by Crippen LogP contribution is -2.40. The molecule has 0 spiro atoms. The third-order valence-electron chi connectivity index (χ3n) is 7.87. The number of rotatable bonds is 7. The van der Waals surface area contributed by atoms with Crippen molar-refractivity contribution in [1.82, 2.24) is 15.0 Å². The Bertz CT molecular complexity index is 1110. The standard InChI is InChI=1S/C26H35N5O2S/c1-16-19(15-32)8-11-26(16,3)31-23-22(24-29-20-6-4-5-7-21(20)34-24)17(2)28-25(30-23)27-14-18-9-12-33-13-10-18/h4-7,16,18-19,32H,8-15H2,1-3H3,(H2,27,28,30,31). The zero-order valence-electron chi connectivity index (χ0n) is 20.3. The molecular formula is C26H35N5O2S. The summed E-state index contributed by atoms with van der Waals surface area (Å²) < 4.78 is 6.66. The van der Waals surface area contributed by atoms with Gasteiger partial charge in [-0.25, -0.2) is 9.97 Å². The number of ether oxygens (including phenoxy) is 1. The van der Waals surface area contributed by atoms with Crippen molar-refractivity contribution < 1.29 is 9.84 Å². The highest BCUT2D eigenvalue weighted by Gasteiger charge is 2.43. The van der Waals surface area contributed by atoms with E-state index in [2.05, 4.69) is 36.6 Å². The van der Waals surface area contributed by atoms with Crippen LogP contribution in [-0.4, -0.2) is 52.0 Å². The summed E-state index contributed by atoms with van der Waals surface area (Å²) in [6, 6.07) is 8.23. The summed E-state index contributed by atoms with van der Waals surface area (Å²) in [4.78, 5) is 14.8. The van der Waals surface area contributed by atoms with Crippen LogP contribution in [0.4, 0.5) is 11.8 Å². The summed E-state index contributed by atoms with van der Waals surface area (Å²) in [5, 5.41) is 18.1. The summed E-state index contributed by atoms with van der Waals surface area (Å²) in [7, 11) is 0. The Morgan fingerprint density at radius 3 is 2.68 bits per heavy atom. The third kappa shape index (κ3) is 4.63. The largest absolute Gasteiger partial charge is 0.396 e. The van der Waals surface area contributed by atoms with Crippen LogP contribution in [0.5, 0.6) is 0 Å². The number of hydrogen-bond acceptors (Lipinski definition) is 8. The van der Waals surface area contributed by atoms with Crippen molar-refractivity contribution in [2.75, 3.05) is 37.0 Å². The van der Waals surface area contributed by atoms with Gasteiger partial charge >= 0.3 is 0 Å². The second-order valence-electron chi connectivity index (χ2n) is 10.1. The van der Waals surface area contributed by atoms with Gasteiger partial charge in [0, 0.05) is 31.9 Å². The average Bonchev–Trinajstić information content (AvgIpc) is 3.38. The van der Waals surface area contributed by atoms with E-state index in [1.54, 1.807) is 11.3 Å². The molecule has 1 aliphatic heterocycles. The monoisotopic (exact) mass is 481 g/mol. The SMILES string of the molecule is Cc1nc(NCC2CCOCC2)nc(NC2(C)CCC(CO)C2C)c1-c1nc2ccccc2s1. The van der Waals surface area contributed by atoms with Crippen molar-refractivity contribution in [2.45, 2.75) is 52.0 Å². The van der Waals surface area contributed by atoms with Crippen molar-refractivity contribution in [2.24, 2.45) is 17.8 Å². The Hall–Kier alpha value is -2.29. The zero-order valence-corrected chi connectivity index (χ0v) is 21.1. The van der Waals surface area contributed by atoms with Crippen LogP contribution >= 0.6 is 11.3 Å². The van der Waals surface area contributed by atoms with Crippen LogP contribution in [-0.2, 0) is 4.74 Å². The highest BCUT2D eigenvalue weighted by atomic mass is 32.1. The average molecular weight is 482 g/mol. The number of aliphatic hydroxyl groups is 1. The van der Waals surface area contributed by atoms with Crippen LogP contribution in [0.15, 0.2) is 24.3 Å². The van der Waals surface area contributed by atoms with Crippen LogP contribution in [0.1, 0.15) is 45.2 Å². The molecule has 8 heteroatoms. The van der Waals surface area contributed by atoms with Gasteiger partial charge in [-0.05, 0) is 69.4 Å². The quantitative estimate of drug-likeness (QED) is 0.432. The van der Waals surface area contributed by atoms with Crippen molar-refractivity contribution >= 4 is 33.3 Å². The first-order valence-electron chi connectivity index (χ1n) is 12.4. The van der Waals surface area contributed by atoms with Gasteiger partial charge in [0.15, 0.2) is 0 Å². The molecule has 2 aliphatic rings. The van der Waals surface area contributed by atoms with Crippen LogP contribution in [0.3, 0.4) is 0 Å². The minimum Gasteiger partial charge on any atom is -0.396 e. The molecule has 3 unspecified atom stereocenters. The highest BCUT2D eigenvalue weighted by Crippen LogP contribution is 2.44. The molecule has 0 radical (unpaired) electrons. The highest BCUT2D eigenvalue weighted by molar-refractivity contribution is 7.21. The van der Waals surface area contributed by atoms with Crippen LogP contribution in [0, 0.1) is 24.7 Å². The molecule has 1 aliphatic carbocycles. The predicted octanol–water partition coefficient (Wildman–Crippen LogP) is 5.11. The molecular weight excluding hydrogens is 446 g/mol. The Kier molecular flexibility index (Phi) is 6.73. The number of nitrogens with zero attached hydrogens (tertiary/aromatic N) is 3. The molecule has 3 atom stereocenters. The molecule has 1 saturated carbocycles. The maximum Gasteiger partial charge on any atom is 0.224 e. The second-order valence-corrected chi connectivity index (χ2v) is 11.1. The topological polar surface area (TPSA) is 92.2 Å². The van der Waals surface area contributed by atoms with Gasteiger partial charge < -0.3 is 20.5 Å². The van der Waals surface area contributed by atoms with Gasteiger partial charge in [0.25, 0.3) is 0 Å². The number of anilines is 2. The molecule has 2 fully saturated rings. The normalized spacial score (nSPS) is 25.6. The van der Waals surface area contributed by atoms with E-state index >= 15 is 0 Å². The maximum absolute atomic E-state index is 9.85. The molecule has 1 saturated heterocycles. The number of thiazole rings is 1. The van der Waals surface area contributed by atoms with Gasteiger partial charge in [0.1, 0.15) is 10.8 Å². The van der Waals surface area contributed by atoms with Gasteiger partial charge in [-0.15, -0.1) is 11.3 Å². The first-order valence-corrected chi connectivity index (χ1v) is 13.2. The van der Waals surface area contributed by atoms with E-state index in [1.165, 1.54) is 0 Å². The number of nitrogens with one attached hydrogen (secondary N) is 2. The number of benzene rings is 1. The van der Waals surface area contributed by atoms with E-state index in [1.807, 2.05) is 19.1 Å². The van der Waals surface area contributed by atoms with Crippen LogP contribution in [0.25, 0.3) is 20.8 Å². The fourth-order valence-corrected chi connectivity index (χ4v) is 6.41. The molecule has 1 aromatic carbocycles. The van der Waals surface area contributed by atoms with Gasteiger partial charge in [-0.1, -0.05) is 19.1 Å². The van der Waals surface area contributed by atoms with E-state index in [0.717, 1.165) is 77.7 Å². The minimum absolute atomic E-state index is 0.155. The zero-order chi connectivity index (χ0) is 23.7. The number of para-hydroxylation sites is 1. The number of aromatic nitrogens is 3. The van der Waals surface area contributed by atoms with E-state index in [-0.39, 0.29) is 12.1 Å². The summed E-state index contributed by atoms with van der Waals surface area (Å²) in [6.07, 6.45) is 4.14. The number of aliphatic hydroxyl groups excluding tert-OH is 1. The third-order valence-corrected chi connectivity index (χ3v) is 8.93. The van der Waals surface area contributed by atoms with Crippen LogP contribution < -0.4 is 10.6 Å². The molecule has 3 aromatic rings. The molecule has 3 heterocycles. The Labute approximate surface area is 205 Å². The van der Waals surface area contributed by atoms with Gasteiger partial charge in [0.05, 0.1) is 21.5 Å². The van der Waals surface area contributed by atoms with E-state index < -0.39 is 0 Å². The number of fused-ring (bicyclic) bond motifs is 1. The lowest BCUT2D eigenvalue weighted by atomic mass is 9.86. The molecule has 0 bridgehead atoms. The molecule has 182 valence electrons. The fourth-order valence-electron chi connectivity index (χ4n) is 5.34. The molecule has 34 heavy (non-hydrogen) atoms. The minimum atomic E-state index is -0.155. The smallest absolute Gasteiger partial charge is 0.224 e. The molecule has 5 rings (SSSR count). The second kappa shape index (κ2) is 9.76. The predicted molar refractivity (Wildman–Crippen MR) is 138 cm³/mol. The van der Waals surface area contributed by atoms with Crippen molar-refractivity contribution in [1.29, 1.82) is 0 Å². The van der Waals surface area contributed by atoms with Crippen LogP contribution in [0.2, 0.25) is 0 Å². The van der Waals surface area contributed by atoms with Crippen molar-refractivity contribution in [3.8, 4) is 10.6 Å². The molecule has 2 aromatic heterocycles.